The molecule has 1 aromatic heterocycles. The van der Waals surface area contributed by atoms with Gasteiger partial charge in [-0.05, 0) is 38.1 Å². The van der Waals surface area contributed by atoms with Gasteiger partial charge in [-0.25, -0.2) is 4.98 Å². The summed E-state index contributed by atoms with van der Waals surface area (Å²) in [5.41, 5.74) is 1.78. The zero-order valence-electron chi connectivity index (χ0n) is 17.5. The molecule has 1 N–H and O–H groups in total. The third-order valence-corrected chi connectivity index (χ3v) is 6.90. The lowest BCUT2D eigenvalue weighted by molar-refractivity contribution is 0.0948. The molecule has 30 heavy (non-hydrogen) atoms. The quantitative estimate of drug-likeness (QED) is 0.687. The number of ether oxygens (including phenoxy) is 1. The van der Waals surface area contributed by atoms with Crippen LogP contribution in [0, 0.1) is 0 Å². The van der Waals surface area contributed by atoms with E-state index < -0.39 is 0 Å². The monoisotopic (exact) mass is 426 g/mol. The minimum Gasteiger partial charge on any atom is -0.377 e. The lowest BCUT2D eigenvalue weighted by atomic mass is 10.2. The number of nitrogens with one attached hydrogen (secondary N) is 1. The second-order valence-electron chi connectivity index (χ2n) is 7.90. The third kappa shape index (κ3) is 5.33. The van der Waals surface area contributed by atoms with Crippen molar-refractivity contribution in [3.8, 4) is 0 Å². The number of carbonyl (C=O) groups excluding carboxylic acids is 1. The third-order valence-electron chi connectivity index (χ3n) is 5.69. The number of rotatable bonds is 7. The lowest BCUT2D eigenvalue weighted by Crippen LogP contribution is -2.45. The van der Waals surface area contributed by atoms with Gasteiger partial charge in [0.25, 0.3) is 5.91 Å². The number of piperazine rings is 1. The maximum atomic E-state index is 13.0. The molecule has 1 aromatic carbocycles. The minimum atomic E-state index is -0.0429. The van der Waals surface area contributed by atoms with Gasteiger partial charge in [0.15, 0.2) is 0 Å². The van der Waals surface area contributed by atoms with Gasteiger partial charge in [-0.15, -0.1) is 11.8 Å². The molecule has 160 valence electrons. The van der Waals surface area contributed by atoms with E-state index in [4.69, 9.17) is 4.74 Å². The summed E-state index contributed by atoms with van der Waals surface area (Å²) in [5, 5.41) is 3.11. The van der Waals surface area contributed by atoms with E-state index in [0.717, 1.165) is 73.2 Å². The summed E-state index contributed by atoms with van der Waals surface area (Å²) in [6, 6.07) is 11.8. The van der Waals surface area contributed by atoms with Crippen molar-refractivity contribution >= 4 is 23.5 Å². The van der Waals surface area contributed by atoms with E-state index in [0.29, 0.717) is 12.6 Å². The summed E-state index contributed by atoms with van der Waals surface area (Å²) < 4.78 is 5.72. The van der Waals surface area contributed by atoms with Crippen molar-refractivity contribution < 1.29 is 9.53 Å². The zero-order valence-corrected chi connectivity index (χ0v) is 18.4. The number of anilines is 1. The Morgan fingerprint density at radius 1 is 1.20 bits per heavy atom. The Hall–Kier alpha value is -2.09. The molecule has 1 unspecified atom stereocenters. The largest absolute Gasteiger partial charge is 0.377 e. The number of hydrogen-bond donors (Lipinski definition) is 1. The van der Waals surface area contributed by atoms with E-state index in [1.807, 2.05) is 36.5 Å². The smallest absolute Gasteiger partial charge is 0.252 e. The first-order valence-electron chi connectivity index (χ1n) is 10.7. The van der Waals surface area contributed by atoms with Crippen LogP contribution in [0.25, 0.3) is 0 Å². The van der Waals surface area contributed by atoms with Gasteiger partial charge in [0, 0.05) is 61.7 Å². The maximum Gasteiger partial charge on any atom is 0.252 e. The highest BCUT2D eigenvalue weighted by atomic mass is 32.2. The molecule has 2 aliphatic rings. The van der Waals surface area contributed by atoms with Crippen molar-refractivity contribution in [1.82, 2.24) is 15.2 Å². The number of carbonyl (C=O) groups is 1. The van der Waals surface area contributed by atoms with Gasteiger partial charge < -0.3 is 19.9 Å². The molecule has 2 fully saturated rings. The fourth-order valence-corrected chi connectivity index (χ4v) is 5.00. The molecule has 2 aromatic rings. The molecule has 2 aliphatic heterocycles. The number of amides is 1. The molecule has 6 nitrogen and oxygen atoms in total. The van der Waals surface area contributed by atoms with Crippen LogP contribution in [0.1, 0.15) is 28.8 Å². The first-order chi connectivity index (χ1) is 14.7. The molecule has 0 saturated carbocycles. The molecule has 3 heterocycles. The van der Waals surface area contributed by atoms with Crippen LogP contribution >= 0.6 is 11.8 Å². The summed E-state index contributed by atoms with van der Waals surface area (Å²) >= 11 is 1.71. The fraction of sp³-hybridized carbons (Fsp3) is 0.478. The van der Waals surface area contributed by atoms with Gasteiger partial charge in [-0.2, -0.15) is 0 Å². The predicted octanol–water partition coefficient (Wildman–Crippen LogP) is 3.03. The Kier molecular flexibility index (Phi) is 7.25. The lowest BCUT2D eigenvalue weighted by Gasteiger charge is -2.34. The Balaban J connectivity index is 1.39. The Bertz CT molecular complexity index is 849. The highest BCUT2D eigenvalue weighted by Gasteiger charge is 2.20. The standard InChI is InChI=1S/C23H30N4O2S/c1-26-11-13-27(14-12-26)22-18(6-4-10-24-22)16-25-23(28)20-8-2-3-9-21(20)30-17-19-7-5-15-29-19/h2-4,6,8-10,19H,5,7,11-17H2,1H3,(H,25,28). The molecule has 7 heteroatoms. The van der Waals surface area contributed by atoms with E-state index in [-0.39, 0.29) is 5.91 Å². The van der Waals surface area contributed by atoms with Crippen LogP contribution in [0.15, 0.2) is 47.5 Å². The van der Waals surface area contributed by atoms with Gasteiger partial charge in [0.1, 0.15) is 5.82 Å². The Morgan fingerprint density at radius 3 is 2.83 bits per heavy atom. The van der Waals surface area contributed by atoms with E-state index in [1.54, 1.807) is 11.8 Å². The van der Waals surface area contributed by atoms with Gasteiger partial charge in [-0.3, -0.25) is 4.79 Å². The van der Waals surface area contributed by atoms with Crippen molar-refractivity contribution in [2.24, 2.45) is 0 Å². The molecule has 0 bridgehead atoms. The average molecular weight is 427 g/mol. The molecule has 2 saturated heterocycles. The van der Waals surface area contributed by atoms with Crippen LogP contribution < -0.4 is 10.2 Å². The molecular weight excluding hydrogens is 396 g/mol. The van der Waals surface area contributed by atoms with E-state index in [1.165, 1.54) is 0 Å². The van der Waals surface area contributed by atoms with Crippen LogP contribution in [-0.4, -0.2) is 67.5 Å². The number of hydrogen-bond acceptors (Lipinski definition) is 6. The second-order valence-corrected chi connectivity index (χ2v) is 8.96. The molecule has 1 amide bonds. The SMILES string of the molecule is CN1CCN(c2ncccc2CNC(=O)c2ccccc2SCC2CCCO2)CC1. The van der Waals surface area contributed by atoms with Crippen LogP contribution in [0.5, 0.6) is 0 Å². The average Bonchev–Trinajstić information content (AvgIpc) is 3.31. The number of benzene rings is 1. The van der Waals surface area contributed by atoms with Crippen molar-refractivity contribution in [3.05, 3.63) is 53.7 Å². The summed E-state index contributed by atoms with van der Waals surface area (Å²) in [6.45, 7) is 5.29. The zero-order chi connectivity index (χ0) is 20.8. The van der Waals surface area contributed by atoms with Gasteiger partial charge in [0.05, 0.1) is 11.7 Å². The van der Waals surface area contributed by atoms with Crippen LogP contribution in [0.3, 0.4) is 0 Å². The van der Waals surface area contributed by atoms with E-state index >= 15 is 0 Å². The molecular formula is C23H30N4O2S. The van der Waals surface area contributed by atoms with Crippen molar-refractivity contribution in [1.29, 1.82) is 0 Å². The maximum absolute atomic E-state index is 13.0. The van der Waals surface area contributed by atoms with Gasteiger partial charge >= 0.3 is 0 Å². The second kappa shape index (κ2) is 10.3. The molecule has 4 rings (SSSR count). The molecule has 0 spiro atoms. The molecule has 0 aliphatic carbocycles. The summed E-state index contributed by atoms with van der Waals surface area (Å²) in [7, 11) is 2.14. The highest BCUT2D eigenvalue weighted by molar-refractivity contribution is 7.99. The van der Waals surface area contributed by atoms with Crippen molar-refractivity contribution in [2.75, 3.05) is 50.5 Å². The van der Waals surface area contributed by atoms with Crippen molar-refractivity contribution in [2.45, 2.75) is 30.4 Å². The van der Waals surface area contributed by atoms with Crippen LogP contribution in [-0.2, 0) is 11.3 Å². The molecule has 0 radical (unpaired) electrons. The number of nitrogens with zero attached hydrogens (tertiary/aromatic N) is 3. The fourth-order valence-electron chi connectivity index (χ4n) is 3.88. The van der Waals surface area contributed by atoms with Crippen molar-refractivity contribution in [3.63, 3.8) is 0 Å². The molecule has 1 atom stereocenters. The summed E-state index contributed by atoms with van der Waals surface area (Å²) in [4.78, 5) is 23.2. The van der Waals surface area contributed by atoms with Gasteiger partial charge in [0.2, 0.25) is 0 Å². The number of pyridine rings is 1. The first-order valence-corrected chi connectivity index (χ1v) is 11.7. The summed E-state index contributed by atoms with van der Waals surface area (Å²) in [5.74, 6) is 1.83. The van der Waals surface area contributed by atoms with Crippen LogP contribution in [0.2, 0.25) is 0 Å². The highest BCUT2D eigenvalue weighted by Crippen LogP contribution is 2.27. The number of thioether (sulfide) groups is 1. The number of aromatic nitrogens is 1. The van der Waals surface area contributed by atoms with Gasteiger partial charge in [-0.1, -0.05) is 18.2 Å². The van der Waals surface area contributed by atoms with E-state index in [2.05, 4.69) is 33.2 Å². The van der Waals surface area contributed by atoms with Crippen LogP contribution in [0.4, 0.5) is 5.82 Å². The van der Waals surface area contributed by atoms with E-state index in [9.17, 15) is 4.79 Å². The summed E-state index contributed by atoms with van der Waals surface area (Å²) in [6.07, 6.45) is 4.37. The first kappa shape index (κ1) is 21.2. The number of likely N-dealkylation sites (N-methyl/N-ethyl adjacent to an activating group) is 1. The minimum absolute atomic E-state index is 0.0429. The topological polar surface area (TPSA) is 57.7 Å². The normalized spacial score (nSPS) is 19.8. The Labute approximate surface area is 183 Å². The predicted molar refractivity (Wildman–Crippen MR) is 121 cm³/mol. The Morgan fingerprint density at radius 2 is 2.03 bits per heavy atom.